The van der Waals surface area contributed by atoms with Crippen molar-refractivity contribution in [1.82, 2.24) is 0 Å². The van der Waals surface area contributed by atoms with Gasteiger partial charge in [-0.2, -0.15) is 0 Å². The predicted molar refractivity (Wildman–Crippen MR) is 123 cm³/mol. The molecule has 0 heterocycles. The largest absolute Gasteiger partial charge is 0.491 e. The highest BCUT2D eigenvalue weighted by Crippen LogP contribution is 2.38. The summed E-state index contributed by atoms with van der Waals surface area (Å²) in [6.07, 6.45) is 9.35. The van der Waals surface area contributed by atoms with Gasteiger partial charge in [0.2, 0.25) is 0 Å². The summed E-state index contributed by atoms with van der Waals surface area (Å²) in [5, 5.41) is 0. The van der Waals surface area contributed by atoms with Crippen molar-refractivity contribution in [3.05, 3.63) is 48.0 Å². The monoisotopic (exact) mass is 444 g/mol. The van der Waals surface area contributed by atoms with E-state index in [1.54, 1.807) is 18.2 Å². The van der Waals surface area contributed by atoms with E-state index in [4.69, 9.17) is 9.47 Å². The minimum Gasteiger partial charge on any atom is -0.491 e. The zero-order chi connectivity index (χ0) is 22.9. The predicted octanol–water partition coefficient (Wildman–Crippen LogP) is 7.71. The summed E-state index contributed by atoms with van der Waals surface area (Å²) >= 11 is 0. The van der Waals surface area contributed by atoms with Crippen LogP contribution in [-0.4, -0.2) is 12.6 Å². The van der Waals surface area contributed by atoms with Gasteiger partial charge in [0.1, 0.15) is 0 Å². The second-order valence-corrected chi connectivity index (χ2v) is 8.80. The molecule has 1 saturated carbocycles. The molecular weight excluding hydrogens is 410 g/mol. The molecule has 0 spiro atoms. The second-order valence-electron chi connectivity index (χ2n) is 8.80. The Hall–Kier alpha value is -2.43. The summed E-state index contributed by atoms with van der Waals surface area (Å²) in [7, 11) is 0. The van der Waals surface area contributed by atoms with Gasteiger partial charge in [-0.05, 0) is 60.6 Å². The number of halogens is 2. The molecule has 0 saturated heterocycles. The molecular formula is C27H34F2O3. The van der Waals surface area contributed by atoms with Gasteiger partial charge in [0.15, 0.2) is 23.1 Å². The average Bonchev–Trinajstić information content (AvgIpc) is 2.75. The molecule has 32 heavy (non-hydrogen) atoms. The summed E-state index contributed by atoms with van der Waals surface area (Å²) in [4.78, 5) is 12.3. The first-order valence-electron chi connectivity index (χ1n) is 12.0. The fraction of sp³-hybridized carbons (Fsp3) is 0.519. The number of hydrogen-bond donors (Lipinski definition) is 0. The molecule has 3 nitrogen and oxygen atoms in total. The third-order valence-corrected chi connectivity index (χ3v) is 6.20. The molecule has 1 aliphatic rings. The van der Waals surface area contributed by atoms with Crippen LogP contribution in [0.25, 0.3) is 11.1 Å². The van der Waals surface area contributed by atoms with E-state index in [1.807, 2.05) is 0 Å². The van der Waals surface area contributed by atoms with Crippen molar-refractivity contribution in [2.45, 2.75) is 71.6 Å². The molecule has 1 fully saturated rings. The van der Waals surface area contributed by atoms with Crippen molar-refractivity contribution in [2.75, 3.05) is 6.61 Å². The summed E-state index contributed by atoms with van der Waals surface area (Å²) in [6, 6.07) is 8.96. The van der Waals surface area contributed by atoms with Crippen molar-refractivity contribution < 1.29 is 23.0 Å². The number of carbonyl (C=O) groups is 1. The molecule has 174 valence electrons. The van der Waals surface area contributed by atoms with Crippen LogP contribution >= 0.6 is 0 Å². The van der Waals surface area contributed by atoms with Gasteiger partial charge in [-0.15, -0.1) is 0 Å². The Bertz CT molecular complexity index is 890. The average molecular weight is 445 g/mol. The van der Waals surface area contributed by atoms with Gasteiger partial charge < -0.3 is 9.47 Å². The maximum Gasteiger partial charge on any atom is 0.314 e. The van der Waals surface area contributed by atoms with E-state index in [-0.39, 0.29) is 23.4 Å². The highest BCUT2D eigenvalue weighted by atomic mass is 19.1. The van der Waals surface area contributed by atoms with Crippen LogP contribution in [0.3, 0.4) is 0 Å². The lowest BCUT2D eigenvalue weighted by atomic mass is 9.72. The Balaban J connectivity index is 1.55. The van der Waals surface area contributed by atoms with Crippen LogP contribution in [0.15, 0.2) is 36.4 Å². The molecule has 0 N–H and O–H groups in total. The van der Waals surface area contributed by atoms with Crippen molar-refractivity contribution in [2.24, 2.45) is 11.8 Å². The number of esters is 1. The number of rotatable bonds is 12. The quantitative estimate of drug-likeness (QED) is 0.191. The van der Waals surface area contributed by atoms with Gasteiger partial charge >= 0.3 is 5.97 Å². The fourth-order valence-electron chi connectivity index (χ4n) is 4.12. The number of carbonyl (C=O) groups excluding carboxylic acids is 1. The molecule has 3 rings (SSSR count). The Morgan fingerprint density at radius 2 is 1.50 bits per heavy atom. The molecule has 0 atom stereocenters. The molecule has 0 amide bonds. The van der Waals surface area contributed by atoms with Crippen molar-refractivity contribution in [1.29, 1.82) is 0 Å². The molecule has 0 aliphatic heterocycles. The summed E-state index contributed by atoms with van der Waals surface area (Å²) in [5.74, 6) is -0.906. The minimum absolute atomic E-state index is 0.0803. The number of hydrogen-bond acceptors (Lipinski definition) is 3. The maximum atomic E-state index is 14.6. The number of ether oxygens (including phenoxy) is 2. The topological polar surface area (TPSA) is 35.5 Å². The van der Waals surface area contributed by atoms with Crippen molar-refractivity contribution >= 4 is 5.97 Å². The van der Waals surface area contributed by atoms with Crippen LogP contribution in [0, 0.1) is 23.5 Å². The first kappa shape index (κ1) is 24.2. The molecule has 5 heteroatoms. The zero-order valence-electron chi connectivity index (χ0n) is 19.2. The SMILES string of the molecule is CCCCCCOc1ccc(-c2ccc(OC(=O)C3CC(CCCC)C3)c(F)c2)cc1F. The fourth-order valence-corrected chi connectivity index (χ4v) is 4.12. The lowest BCUT2D eigenvalue weighted by Gasteiger charge is -2.33. The van der Waals surface area contributed by atoms with E-state index in [1.165, 1.54) is 24.6 Å². The normalized spacial score (nSPS) is 17.6. The van der Waals surface area contributed by atoms with Gasteiger partial charge in [0.25, 0.3) is 0 Å². The molecule has 0 aromatic heterocycles. The number of benzene rings is 2. The van der Waals surface area contributed by atoms with Gasteiger partial charge in [0.05, 0.1) is 12.5 Å². The van der Waals surface area contributed by atoms with Crippen molar-refractivity contribution in [3.63, 3.8) is 0 Å². The molecule has 0 unspecified atom stereocenters. The van der Waals surface area contributed by atoms with E-state index in [0.717, 1.165) is 51.4 Å². The molecule has 0 bridgehead atoms. The van der Waals surface area contributed by atoms with Crippen LogP contribution in [0.2, 0.25) is 0 Å². The molecule has 0 radical (unpaired) electrons. The van der Waals surface area contributed by atoms with Gasteiger partial charge in [-0.3, -0.25) is 4.79 Å². The van der Waals surface area contributed by atoms with Crippen LogP contribution in [0.4, 0.5) is 8.78 Å². The van der Waals surface area contributed by atoms with E-state index in [2.05, 4.69) is 13.8 Å². The lowest BCUT2D eigenvalue weighted by molar-refractivity contribution is -0.143. The van der Waals surface area contributed by atoms with Crippen LogP contribution in [-0.2, 0) is 4.79 Å². The molecule has 2 aromatic carbocycles. The molecule has 2 aromatic rings. The highest BCUT2D eigenvalue weighted by Gasteiger charge is 2.35. The second kappa shape index (κ2) is 12.0. The van der Waals surface area contributed by atoms with E-state index < -0.39 is 11.6 Å². The van der Waals surface area contributed by atoms with E-state index in [9.17, 15) is 13.6 Å². The van der Waals surface area contributed by atoms with Crippen LogP contribution in [0.1, 0.15) is 71.6 Å². The summed E-state index contributed by atoms with van der Waals surface area (Å²) in [6.45, 7) is 4.77. The maximum absolute atomic E-state index is 14.6. The zero-order valence-corrected chi connectivity index (χ0v) is 19.2. The minimum atomic E-state index is -0.630. The first-order valence-corrected chi connectivity index (χ1v) is 12.0. The standard InChI is InChI=1S/C27H34F2O3/c1-3-5-7-8-14-31-25-12-10-20(17-23(25)28)21-11-13-26(24(29)18-21)32-27(30)22-15-19(16-22)9-6-4-2/h10-13,17-19,22H,3-9,14-16H2,1-2H3. The van der Waals surface area contributed by atoms with Gasteiger partial charge in [-0.25, -0.2) is 8.78 Å². The first-order chi connectivity index (χ1) is 15.5. The smallest absolute Gasteiger partial charge is 0.314 e. The summed E-state index contributed by atoms with van der Waals surface area (Å²) < 4.78 is 39.8. The lowest BCUT2D eigenvalue weighted by Crippen LogP contribution is -2.33. The summed E-state index contributed by atoms with van der Waals surface area (Å²) in [5.41, 5.74) is 1.05. The Labute approximate surface area is 190 Å². The molecule has 1 aliphatic carbocycles. The Kier molecular flexibility index (Phi) is 9.07. The Morgan fingerprint density at radius 3 is 2.09 bits per heavy atom. The van der Waals surface area contributed by atoms with Crippen LogP contribution in [0.5, 0.6) is 11.5 Å². The Morgan fingerprint density at radius 1 is 0.875 bits per heavy atom. The third-order valence-electron chi connectivity index (χ3n) is 6.20. The van der Waals surface area contributed by atoms with Gasteiger partial charge in [0, 0.05) is 0 Å². The van der Waals surface area contributed by atoms with Gasteiger partial charge in [-0.1, -0.05) is 64.5 Å². The third kappa shape index (κ3) is 6.54. The van der Waals surface area contributed by atoms with Crippen molar-refractivity contribution in [3.8, 4) is 22.6 Å². The van der Waals surface area contributed by atoms with Crippen LogP contribution < -0.4 is 9.47 Å². The highest BCUT2D eigenvalue weighted by molar-refractivity contribution is 5.76. The van der Waals surface area contributed by atoms with E-state index in [0.29, 0.717) is 23.7 Å². The number of unbranched alkanes of at least 4 members (excludes halogenated alkanes) is 4. The van der Waals surface area contributed by atoms with E-state index >= 15 is 0 Å².